The zero-order valence-corrected chi connectivity index (χ0v) is 16.5. The fourth-order valence-corrected chi connectivity index (χ4v) is 5.63. The van der Waals surface area contributed by atoms with Crippen molar-refractivity contribution in [2.24, 2.45) is 11.8 Å². The summed E-state index contributed by atoms with van der Waals surface area (Å²) in [6, 6.07) is 8.71. The number of benzene rings is 1. The Morgan fingerprint density at radius 3 is 2.64 bits per heavy atom. The topological polar surface area (TPSA) is 58.6 Å². The van der Waals surface area contributed by atoms with Crippen molar-refractivity contribution in [3.05, 3.63) is 30.0 Å². The monoisotopic (exact) mass is 380 g/mol. The summed E-state index contributed by atoms with van der Waals surface area (Å²) in [5.41, 5.74) is 2.05. The Morgan fingerprint density at radius 1 is 1.11 bits per heavy atom. The van der Waals surface area contributed by atoms with Crippen LogP contribution in [0.5, 0.6) is 0 Å². The minimum absolute atomic E-state index is 0.338. The molecule has 0 amide bonds. The first-order valence-corrected chi connectivity index (χ1v) is 10.7. The summed E-state index contributed by atoms with van der Waals surface area (Å²) in [7, 11) is 0. The van der Waals surface area contributed by atoms with Crippen LogP contribution in [0.25, 0.3) is 10.9 Å². The molecule has 1 aliphatic heterocycles. The minimum Gasteiger partial charge on any atom is -0.461 e. The summed E-state index contributed by atoms with van der Waals surface area (Å²) < 4.78 is 5.27. The highest BCUT2D eigenvalue weighted by molar-refractivity contribution is 6.03. The van der Waals surface area contributed by atoms with Crippen LogP contribution in [0.15, 0.2) is 24.3 Å². The van der Waals surface area contributed by atoms with Crippen molar-refractivity contribution in [2.75, 3.05) is 37.7 Å². The summed E-state index contributed by atoms with van der Waals surface area (Å²) in [6.45, 7) is 6.08. The van der Waals surface area contributed by atoms with E-state index in [1.165, 1.54) is 25.7 Å². The summed E-state index contributed by atoms with van der Waals surface area (Å²) in [5.74, 6) is 1.50. The van der Waals surface area contributed by atoms with Gasteiger partial charge < -0.3 is 9.64 Å². The van der Waals surface area contributed by atoms with Crippen LogP contribution in [0.2, 0.25) is 0 Å². The Hall–Kier alpha value is -2.21. The summed E-state index contributed by atoms with van der Waals surface area (Å²) in [5, 5.41) is 9.48. The molecule has 6 heteroatoms. The van der Waals surface area contributed by atoms with E-state index in [0.717, 1.165) is 60.6 Å². The summed E-state index contributed by atoms with van der Waals surface area (Å²) in [4.78, 5) is 17.6. The third-order valence-electron chi connectivity index (χ3n) is 6.91. The van der Waals surface area contributed by atoms with E-state index in [2.05, 4.69) is 20.0 Å². The molecule has 6 nitrogen and oxygen atoms in total. The molecule has 0 N–H and O–H groups in total. The van der Waals surface area contributed by atoms with Gasteiger partial charge in [0.1, 0.15) is 0 Å². The Labute approximate surface area is 165 Å². The second kappa shape index (κ2) is 7.32. The predicted octanol–water partition coefficient (Wildman–Crippen LogP) is 3.12. The Kier molecular flexibility index (Phi) is 4.67. The molecule has 2 heterocycles. The molecular weight excluding hydrogens is 352 g/mol. The first-order valence-electron chi connectivity index (χ1n) is 10.7. The van der Waals surface area contributed by atoms with Crippen molar-refractivity contribution in [1.82, 2.24) is 15.1 Å². The van der Waals surface area contributed by atoms with Crippen molar-refractivity contribution in [2.45, 2.75) is 38.6 Å². The normalized spacial score (nSPS) is 27.5. The van der Waals surface area contributed by atoms with Crippen molar-refractivity contribution in [3.8, 4) is 0 Å². The van der Waals surface area contributed by atoms with E-state index in [1.54, 1.807) is 0 Å². The maximum Gasteiger partial charge on any atom is 0.361 e. The molecular formula is C22H28N4O2. The lowest BCUT2D eigenvalue weighted by Gasteiger charge is -2.42. The molecule has 148 valence electrons. The van der Waals surface area contributed by atoms with Crippen LogP contribution in [0.3, 0.4) is 0 Å². The van der Waals surface area contributed by atoms with Gasteiger partial charge in [0.15, 0.2) is 5.69 Å². The second-order valence-electron chi connectivity index (χ2n) is 8.40. The van der Waals surface area contributed by atoms with Gasteiger partial charge in [0.05, 0.1) is 17.8 Å². The molecule has 3 unspecified atom stereocenters. The SMILES string of the molecule is CCOC(=O)c1nnc2ccccc2c1N1CCN(C2CC3CCC2C3)CC1. The van der Waals surface area contributed by atoms with Crippen molar-refractivity contribution in [3.63, 3.8) is 0 Å². The Bertz CT molecular complexity index is 878. The molecule has 1 saturated heterocycles. The molecule has 2 saturated carbocycles. The van der Waals surface area contributed by atoms with Gasteiger partial charge in [0.25, 0.3) is 0 Å². The lowest BCUT2D eigenvalue weighted by molar-refractivity contribution is 0.0519. The van der Waals surface area contributed by atoms with Gasteiger partial charge in [-0.25, -0.2) is 4.79 Å². The highest BCUT2D eigenvalue weighted by atomic mass is 16.5. The third kappa shape index (κ3) is 3.04. The highest BCUT2D eigenvalue weighted by Gasteiger charge is 2.43. The Balaban J connectivity index is 1.41. The standard InChI is InChI=1S/C22H28N4O2/c1-2-28-22(27)20-21(17-5-3-4-6-18(17)23-24-20)26-11-9-25(10-12-26)19-14-15-7-8-16(19)13-15/h3-6,15-16,19H,2,7-14H2,1H3. The number of carbonyl (C=O) groups is 1. The molecule has 0 radical (unpaired) electrons. The minimum atomic E-state index is -0.383. The van der Waals surface area contributed by atoms with Crippen LogP contribution in [-0.4, -0.2) is 59.9 Å². The van der Waals surface area contributed by atoms with E-state index in [9.17, 15) is 4.79 Å². The molecule has 2 aromatic rings. The number of rotatable bonds is 4. The molecule has 3 fully saturated rings. The van der Waals surface area contributed by atoms with Crippen LogP contribution in [0.1, 0.15) is 43.1 Å². The summed E-state index contributed by atoms with van der Waals surface area (Å²) >= 11 is 0. The van der Waals surface area contributed by atoms with Gasteiger partial charge in [0.2, 0.25) is 0 Å². The van der Waals surface area contributed by atoms with Crippen LogP contribution in [-0.2, 0) is 4.74 Å². The lowest BCUT2D eigenvalue weighted by Crippen LogP contribution is -2.52. The molecule has 2 bridgehead atoms. The van der Waals surface area contributed by atoms with Crippen LogP contribution < -0.4 is 4.90 Å². The van der Waals surface area contributed by atoms with Crippen LogP contribution >= 0.6 is 0 Å². The quantitative estimate of drug-likeness (QED) is 0.760. The number of ether oxygens (including phenoxy) is 1. The molecule has 2 aliphatic carbocycles. The molecule has 3 aliphatic rings. The van der Waals surface area contributed by atoms with Crippen molar-refractivity contribution < 1.29 is 9.53 Å². The van der Waals surface area contributed by atoms with E-state index in [1.807, 2.05) is 31.2 Å². The molecule has 3 atom stereocenters. The largest absolute Gasteiger partial charge is 0.461 e. The lowest BCUT2D eigenvalue weighted by atomic mass is 9.93. The first-order chi connectivity index (χ1) is 13.7. The predicted molar refractivity (Wildman–Crippen MR) is 109 cm³/mol. The zero-order valence-electron chi connectivity index (χ0n) is 16.5. The van der Waals surface area contributed by atoms with Crippen molar-refractivity contribution in [1.29, 1.82) is 0 Å². The average molecular weight is 380 g/mol. The van der Waals surface area contributed by atoms with Crippen LogP contribution in [0, 0.1) is 11.8 Å². The number of piperazine rings is 1. The molecule has 28 heavy (non-hydrogen) atoms. The maximum absolute atomic E-state index is 12.6. The molecule has 1 aromatic carbocycles. The van der Waals surface area contributed by atoms with Gasteiger partial charge in [-0.1, -0.05) is 24.6 Å². The number of anilines is 1. The van der Waals surface area contributed by atoms with E-state index in [0.29, 0.717) is 12.3 Å². The smallest absolute Gasteiger partial charge is 0.361 e. The van der Waals surface area contributed by atoms with E-state index >= 15 is 0 Å². The number of aromatic nitrogens is 2. The third-order valence-corrected chi connectivity index (χ3v) is 6.91. The van der Waals surface area contributed by atoms with E-state index in [-0.39, 0.29) is 5.97 Å². The van der Waals surface area contributed by atoms with Gasteiger partial charge in [0, 0.05) is 37.6 Å². The number of carbonyl (C=O) groups excluding carboxylic acids is 1. The van der Waals surface area contributed by atoms with Gasteiger partial charge in [-0.3, -0.25) is 4.90 Å². The number of nitrogens with zero attached hydrogens (tertiary/aromatic N) is 4. The van der Waals surface area contributed by atoms with Crippen LogP contribution in [0.4, 0.5) is 5.69 Å². The Morgan fingerprint density at radius 2 is 1.93 bits per heavy atom. The van der Waals surface area contributed by atoms with Crippen molar-refractivity contribution >= 4 is 22.6 Å². The first kappa shape index (κ1) is 17.9. The molecule has 0 spiro atoms. The second-order valence-corrected chi connectivity index (χ2v) is 8.40. The zero-order chi connectivity index (χ0) is 19.1. The highest BCUT2D eigenvalue weighted by Crippen LogP contribution is 2.46. The maximum atomic E-state index is 12.6. The molecule has 5 rings (SSSR count). The van der Waals surface area contributed by atoms with Gasteiger partial charge in [-0.2, -0.15) is 0 Å². The van der Waals surface area contributed by atoms with E-state index < -0.39 is 0 Å². The number of esters is 1. The number of hydrogen-bond donors (Lipinski definition) is 0. The fraction of sp³-hybridized carbons (Fsp3) is 0.591. The van der Waals surface area contributed by atoms with E-state index in [4.69, 9.17) is 4.74 Å². The number of fused-ring (bicyclic) bond motifs is 3. The summed E-state index contributed by atoms with van der Waals surface area (Å²) in [6.07, 6.45) is 5.69. The fourth-order valence-electron chi connectivity index (χ4n) is 5.63. The van der Waals surface area contributed by atoms with Gasteiger partial charge in [-0.15, -0.1) is 10.2 Å². The van der Waals surface area contributed by atoms with Gasteiger partial charge in [-0.05, 0) is 44.1 Å². The average Bonchev–Trinajstić information content (AvgIpc) is 3.37. The van der Waals surface area contributed by atoms with Gasteiger partial charge >= 0.3 is 5.97 Å². The molecule has 1 aromatic heterocycles. The number of hydrogen-bond acceptors (Lipinski definition) is 6.